The molecule has 0 aliphatic heterocycles. The van der Waals surface area contributed by atoms with Crippen LogP contribution in [0.4, 0.5) is 0 Å². The molecule has 0 spiro atoms. The molecule has 2 aromatic heterocycles. The maximum atomic E-state index is 5.51. The van der Waals surface area contributed by atoms with Gasteiger partial charge in [-0.1, -0.05) is 19.1 Å². The zero-order valence-electron chi connectivity index (χ0n) is 10.9. The van der Waals surface area contributed by atoms with Crippen molar-refractivity contribution in [2.24, 2.45) is 0 Å². The fraction of sp³-hybridized carbons (Fsp3) is 0.286. The van der Waals surface area contributed by atoms with Crippen molar-refractivity contribution in [2.45, 2.75) is 26.3 Å². The number of benzene rings is 1. The molecule has 0 radical (unpaired) electrons. The molecule has 5 heteroatoms. The van der Waals surface area contributed by atoms with Gasteiger partial charge >= 0.3 is 0 Å². The molecule has 98 valence electrons. The molecule has 0 bridgehead atoms. The zero-order valence-corrected chi connectivity index (χ0v) is 12.5. The molecule has 1 N–H and O–H groups in total. The average Bonchev–Trinajstić information content (AvgIpc) is 3.00. The number of hydrogen-bond donors (Lipinski definition) is 1. The Morgan fingerprint density at radius 3 is 3.00 bits per heavy atom. The number of aromatic nitrogens is 3. The summed E-state index contributed by atoms with van der Waals surface area (Å²) in [5.41, 5.74) is 3.52. The molecule has 3 nitrogen and oxygen atoms in total. The van der Waals surface area contributed by atoms with Crippen LogP contribution < -0.4 is 0 Å². The van der Waals surface area contributed by atoms with Gasteiger partial charge in [0.2, 0.25) is 0 Å². The van der Waals surface area contributed by atoms with Crippen LogP contribution in [0.1, 0.15) is 30.0 Å². The summed E-state index contributed by atoms with van der Waals surface area (Å²) in [5, 5.41) is 3.13. The number of nitrogens with zero attached hydrogens (tertiary/aromatic N) is 2. The van der Waals surface area contributed by atoms with Gasteiger partial charge in [0.05, 0.1) is 17.1 Å². The summed E-state index contributed by atoms with van der Waals surface area (Å²) < 4.78 is 2.98. The highest BCUT2D eigenvalue weighted by molar-refractivity contribution is 7.71. The third-order valence-corrected chi connectivity index (χ3v) is 4.55. The van der Waals surface area contributed by atoms with Crippen molar-refractivity contribution in [1.29, 1.82) is 0 Å². The molecular weight excluding hydrogens is 274 g/mol. The molecule has 3 aromatic rings. The van der Waals surface area contributed by atoms with Crippen molar-refractivity contribution in [2.75, 3.05) is 0 Å². The number of H-pyrrole nitrogens is 1. The first-order chi connectivity index (χ1) is 9.22. The standard InChI is InChI=1S/C14H15N3S2/c1-3-11(13-15-7-8-19-13)17-12-9(2)5-4-6-10(12)16-14(17)18/h4-8,11H,3H2,1-2H3,(H,16,18). The third-order valence-electron chi connectivity index (χ3n) is 3.37. The van der Waals surface area contributed by atoms with Crippen LogP contribution in [0.25, 0.3) is 11.0 Å². The van der Waals surface area contributed by atoms with E-state index in [4.69, 9.17) is 12.2 Å². The summed E-state index contributed by atoms with van der Waals surface area (Å²) in [7, 11) is 0. The van der Waals surface area contributed by atoms with Gasteiger partial charge in [0.15, 0.2) is 4.77 Å². The normalized spacial score (nSPS) is 12.9. The van der Waals surface area contributed by atoms with E-state index in [1.165, 1.54) is 11.1 Å². The second-order valence-corrected chi connectivity index (χ2v) is 5.88. The van der Waals surface area contributed by atoms with Crippen molar-refractivity contribution in [3.05, 3.63) is 45.1 Å². The Bertz CT molecular complexity index is 753. The number of imidazole rings is 1. The van der Waals surface area contributed by atoms with Crippen LogP contribution in [0, 0.1) is 11.7 Å². The summed E-state index contributed by atoms with van der Waals surface area (Å²) in [4.78, 5) is 7.76. The van der Waals surface area contributed by atoms with Crippen LogP contribution in [-0.2, 0) is 0 Å². The summed E-state index contributed by atoms with van der Waals surface area (Å²) >= 11 is 7.20. The number of nitrogens with one attached hydrogen (secondary N) is 1. The van der Waals surface area contributed by atoms with E-state index in [0.29, 0.717) is 0 Å². The van der Waals surface area contributed by atoms with Crippen LogP contribution in [0.5, 0.6) is 0 Å². The summed E-state index contributed by atoms with van der Waals surface area (Å²) in [6, 6.07) is 6.46. The molecule has 1 unspecified atom stereocenters. The molecule has 0 amide bonds. The topological polar surface area (TPSA) is 33.6 Å². The first-order valence-corrected chi connectivity index (χ1v) is 7.60. The number of para-hydroxylation sites is 1. The van der Waals surface area contributed by atoms with Gasteiger partial charge in [-0.15, -0.1) is 11.3 Å². The van der Waals surface area contributed by atoms with Crippen LogP contribution in [0.15, 0.2) is 29.8 Å². The maximum Gasteiger partial charge on any atom is 0.178 e. The van der Waals surface area contributed by atoms with Crippen molar-refractivity contribution >= 4 is 34.6 Å². The Balaban J connectivity index is 2.30. The lowest BCUT2D eigenvalue weighted by molar-refractivity contribution is 0.571. The number of rotatable bonds is 3. The molecule has 3 rings (SSSR count). The fourth-order valence-corrected chi connectivity index (χ4v) is 3.66. The van der Waals surface area contributed by atoms with Gasteiger partial charge in [-0.25, -0.2) is 4.98 Å². The fourth-order valence-electron chi connectivity index (χ4n) is 2.52. The van der Waals surface area contributed by atoms with Crippen molar-refractivity contribution in [1.82, 2.24) is 14.5 Å². The molecule has 2 heterocycles. The number of aromatic amines is 1. The molecule has 1 aromatic carbocycles. The van der Waals surface area contributed by atoms with Crippen LogP contribution in [0.3, 0.4) is 0 Å². The summed E-state index contributed by atoms with van der Waals surface area (Å²) in [5.74, 6) is 0. The molecule has 1 atom stereocenters. The number of aryl methyl sites for hydroxylation is 1. The monoisotopic (exact) mass is 289 g/mol. The van der Waals surface area contributed by atoms with Crippen LogP contribution >= 0.6 is 23.6 Å². The van der Waals surface area contributed by atoms with Crippen molar-refractivity contribution in [3.63, 3.8) is 0 Å². The Kier molecular flexibility index (Phi) is 3.24. The van der Waals surface area contributed by atoms with E-state index in [0.717, 1.165) is 21.7 Å². The molecule has 19 heavy (non-hydrogen) atoms. The van der Waals surface area contributed by atoms with E-state index >= 15 is 0 Å². The molecule has 0 saturated heterocycles. The molecule has 0 aliphatic carbocycles. The van der Waals surface area contributed by atoms with Gasteiger partial charge < -0.3 is 9.55 Å². The largest absolute Gasteiger partial charge is 0.331 e. The Labute approximate surface area is 120 Å². The van der Waals surface area contributed by atoms with Gasteiger partial charge in [0.1, 0.15) is 5.01 Å². The van der Waals surface area contributed by atoms with E-state index in [1.54, 1.807) is 11.3 Å². The maximum absolute atomic E-state index is 5.51. The first-order valence-electron chi connectivity index (χ1n) is 6.31. The Morgan fingerprint density at radius 2 is 2.32 bits per heavy atom. The minimum atomic E-state index is 0.211. The van der Waals surface area contributed by atoms with Crippen LogP contribution in [0.2, 0.25) is 0 Å². The Hall–Kier alpha value is -1.46. The van der Waals surface area contributed by atoms with E-state index in [-0.39, 0.29) is 6.04 Å². The molecule has 0 fully saturated rings. The van der Waals surface area contributed by atoms with Crippen molar-refractivity contribution in [3.8, 4) is 0 Å². The smallest absolute Gasteiger partial charge is 0.178 e. The van der Waals surface area contributed by atoms with E-state index in [1.807, 2.05) is 11.6 Å². The third kappa shape index (κ3) is 2.03. The first kappa shape index (κ1) is 12.6. The van der Waals surface area contributed by atoms with E-state index in [2.05, 4.69) is 46.6 Å². The highest BCUT2D eigenvalue weighted by Crippen LogP contribution is 2.29. The lowest BCUT2D eigenvalue weighted by atomic mass is 10.1. The van der Waals surface area contributed by atoms with Gasteiger partial charge in [0.25, 0.3) is 0 Å². The van der Waals surface area contributed by atoms with E-state index < -0.39 is 0 Å². The van der Waals surface area contributed by atoms with Gasteiger partial charge in [0, 0.05) is 11.6 Å². The molecule has 0 aliphatic rings. The predicted octanol–water partition coefficient (Wildman–Crippen LogP) is 4.46. The number of hydrogen-bond acceptors (Lipinski definition) is 3. The highest BCUT2D eigenvalue weighted by Gasteiger charge is 2.18. The van der Waals surface area contributed by atoms with E-state index in [9.17, 15) is 0 Å². The lowest BCUT2D eigenvalue weighted by Crippen LogP contribution is -2.10. The summed E-state index contributed by atoms with van der Waals surface area (Å²) in [6.45, 7) is 4.29. The number of fused-ring (bicyclic) bond motifs is 1. The molecular formula is C14H15N3S2. The SMILES string of the molecule is CCC(c1nccs1)n1c(=S)[nH]c2cccc(C)c21. The lowest BCUT2D eigenvalue weighted by Gasteiger charge is -2.16. The minimum Gasteiger partial charge on any atom is -0.331 e. The van der Waals surface area contributed by atoms with Crippen molar-refractivity contribution < 1.29 is 0 Å². The minimum absolute atomic E-state index is 0.211. The predicted molar refractivity (Wildman–Crippen MR) is 82.4 cm³/mol. The average molecular weight is 289 g/mol. The molecule has 0 saturated carbocycles. The van der Waals surface area contributed by atoms with Gasteiger partial charge in [-0.2, -0.15) is 0 Å². The quantitative estimate of drug-likeness (QED) is 0.722. The van der Waals surface area contributed by atoms with Crippen LogP contribution in [-0.4, -0.2) is 14.5 Å². The second-order valence-electron chi connectivity index (χ2n) is 4.57. The van der Waals surface area contributed by atoms with Gasteiger partial charge in [-0.05, 0) is 37.2 Å². The Morgan fingerprint density at radius 1 is 1.47 bits per heavy atom. The zero-order chi connectivity index (χ0) is 13.4. The second kappa shape index (κ2) is 4.90. The van der Waals surface area contributed by atoms with Gasteiger partial charge in [-0.3, -0.25) is 0 Å². The highest BCUT2D eigenvalue weighted by atomic mass is 32.1. The summed E-state index contributed by atoms with van der Waals surface area (Å²) in [6.07, 6.45) is 2.83. The number of thiazole rings is 1.